The second kappa shape index (κ2) is 8.60. The molecule has 2 heterocycles. The number of carbonyl (C=O) groups is 1. The lowest BCUT2D eigenvalue weighted by Gasteiger charge is -2.04. The van der Waals surface area contributed by atoms with E-state index in [0.717, 1.165) is 28.9 Å². The van der Waals surface area contributed by atoms with Crippen LogP contribution in [0.3, 0.4) is 0 Å². The molecule has 29 heavy (non-hydrogen) atoms. The number of amides is 1. The standard InChI is InChI=1S/C19H22N4O3S3/c1-11(2)9-16-20-12(3)17(28-16)18(24)22-19-21-15(10-27-19)13-5-7-14(8-6-13)23-29(4,25)26/h5-8,10-11,23H,9H2,1-4H3,(H,21,22,24). The molecule has 3 rings (SSSR count). The van der Waals surface area contributed by atoms with Crippen LogP contribution in [0.25, 0.3) is 11.3 Å². The van der Waals surface area contributed by atoms with Crippen molar-refractivity contribution in [1.29, 1.82) is 0 Å². The Kier molecular flexibility index (Phi) is 6.35. The van der Waals surface area contributed by atoms with Gasteiger partial charge >= 0.3 is 0 Å². The Morgan fingerprint density at radius 1 is 1.17 bits per heavy atom. The Bertz CT molecular complexity index is 1120. The Morgan fingerprint density at radius 3 is 2.48 bits per heavy atom. The highest BCUT2D eigenvalue weighted by molar-refractivity contribution is 7.92. The summed E-state index contributed by atoms with van der Waals surface area (Å²) in [7, 11) is -3.31. The molecule has 0 aliphatic heterocycles. The number of thiazole rings is 2. The van der Waals surface area contributed by atoms with Gasteiger partial charge in [-0.1, -0.05) is 26.0 Å². The molecular formula is C19H22N4O3S3. The first-order valence-electron chi connectivity index (χ1n) is 8.92. The summed E-state index contributed by atoms with van der Waals surface area (Å²) in [5.74, 6) is 0.278. The van der Waals surface area contributed by atoms with Crippen LogP contribution in [0.4, 0.5) is 10.8 Å². The molecule has 1 aromatic carbocycles. The average Bonchev–Trinajstić information content (AvgIpc) is 3.20. The molecule has 10 heteroatoms. The number of aromatic nitrogens is 2. The molecule has 0 aliphatic carbocycles. The first-order valence-corrected chi connectivity index (χ1v) is 12.5. The second-order valence-electron chi connectivity index (χ2n) is 7.06. The monoisotopic (exact) mass is 450 g/mol. The summed E-state index contributed by atoms with van der Waals surface area (Å²) >= 11 is 2.76. The maximum Gasteiger partial charge on any atom is 0.269 e. The molecule has 0 unspecified atom stereocenters. The average molecular weight is 451 g/mol. The number of hydrogen-bond acceptors (Lipinski definition) is 7. The minimum absolute atomic E-state index is 0.205. The number of carbonyl (C=O) groups excluding carboxylic acids is 1. The minimum atomic E-state index is -3.31. The Morgan fingerprint density at radius 2 is 1.86 bits per heavy atom. The van der Waals surface area contributed by atoms with Crippen LogP contribution in [0.15, 0.2) is 29.6 Å². The third kappa shape index (κ3) is 5.84. The first kappa shape index (κ1) is 21.4. The topological polar surface area (TPSA) is 101 Å². The van der Waals surface area contributed by atoms with E-state index in [2.05, 4.69) is 33.9 Å². The number of anilines is 2. The molecule has 0 spiro atoms. The molecule has 1 amide bonds. The van der Waals surface area contributed by atoms with Gasteiger partial charge in [0, 0.05) is 23.1 Å². The van der Waals surface area contributed by atoms with Gasteiger partial charge in [-0.25, -0.2) is 18.4 Å². The van der Waals surface area contributed by atoms with Crippen molar-refractivity contribution in [2.24, 2.45) is 5.92 Å². The van der Waals surface area contributed by atoms with Crippen molar-refractivity contribution < 1.29 is 13.2 Å². The molecule has 0 fully saturated rings. The van der Waals surface area contributed by atoms with Crippen molar-refractivity contribution in [2.75, 3.05) is 16.3 Å². The Hall–Kier alpha value is -2.30. The smallest absolute Gasteiger partial charge is 0.269 e. The second-order valence-corrected chi connectivity index (χ2v) is 10.8. The van der Waals surface area contributed by atoms with E-state index in [1.54, 1.807) is 24.3 Å². The van der Waals surface area contributed by atoms with Crippen molar-refractivity contribution in [1.82, 2.24) is 9.97 Å². The zero-order valence-corrected chi connectivity index (χ0v) is 19.0. The van der Waals surface area contributed by atoms with E-state index in [9.17, 15) is 13.2 Å². The number of benzene rings is 1. The van der Waals surface area contributed by atoms with Gasteiger partial charge in [-0.05, 0) is 25.0 Å². The summed E-state index contributed by atoms with van der Waals surface area (Å²) < 4.78 is 25.0. The molecule has 0 saturated heterocycles. The van der Waals surface area contributed by atoms with Crippen LogP contribution in [0, 0.1) is 12.8 Å². The Balaban J connectivity index is 1.70. The van der Waals surface area contributed by atoms with Crippen molar-refractivity contribution in [3.05, 3.63) is 45.2 Å². The first-order chi connectivity index (χ1) is 13.6. The van der Waals surface area contributed by atoms with Crippen LogP contribution in [-0.4, -0.2) is 30.5 Å². The summed E-state index contributed by atoms with van der Waals surface area (Å²) in [5.41, 5.74) is 2.75. The van der Waals surface area contributed by atoms with E-state index in [1.807, 2.05) is 12.3 Å². The van der Waals surface area contributed by atoms with Gasteiger partial charge in [0.2, 0.25) is 10.0 Å². The van der Waals surface area contributed by atoms with E-state index in [4.69, 9.17) is 0 Å². The van der Waals surface area contributed by atoms with E-state index in [1.165, 1.54) is 22.7 Å². The maximum atomic E-state index is 12.6. The van der Waals surface area contributed by atoms with Crippen LogP contribution >= 0.6 is 22.7 Å². The molecule has 0 atom stereocenters. The van der Waals surface area contributed by atoms with Crippen molar-refractivity contribution in [3.63, 3.8) is 0 Å². The van der Waals surface area contributed by atoms with Gasteiger partial charge < -0.3 is 0 Å². The lowest BCUT2D eigenvalue weighted by Crippen LogP contribution is -2.11. The predicted octanol–water partition coefficient (Wildman–Crippen LogP) is 4.40. The lowest BCUT2D eigenvalue weighted by atomic mass is 10.1. The number of sulfonamides is 1. The van der Waals surface area contributed by atoms with Gasteiger partial charge in [-0.15, -0.1) is 22.7 Å². The summed E-state index contributed by atoms with van der Waals surface area (Å²) in [6.45, 7) is 6.09. The number of nitrogens with one attached hydrogen (secondary N) is 2. The van der Waals surface area contributed by atoms with Gasteiger partial charge in [0.25, 0.3) is 5.91 Å². The quantitative estimate of drug-likeness (QED) is 0.556. The van der Waals surface area contributed by atoms with Gasteiger partial charge in [-0.2, -0.15) is 0 Å². The number of nitrogens with zero attached hydrogens (tertiary/aromatic N) is 2. The summed E-state index contributed by atoms with van der Waals surface area (Å²) in [5, 5.41) is 6.16. The molecule has 2 aromatic heterocycles. The van der Waals surface area contributed by atoms with Crippen molar-refractivity contribution in [3.8, 4) is 11.3 Å². The number of hydrogen-bond donors (Lipinski definition) is 2. The molecular weight excluding hydrogens is 428 g/mol. The van der Waals surface area contributed by atoms with E-state index < -0.39 is 10.0 Å². The van der Waals surface area contributed by atoms with E-state index in [0.29, 0.717) is 27.3 Å². The highest BCUT2D eigenvalue weighted by Crippen LogP contribution is 2.28. The zero-order chi connectivity index (χ0) is 21.2. The molecule has 0 radical (unpaired) electrons. The van der Waals surface area contributed by atoms with E-state index in [-0.39, 0.29) is 5.91 Å². The van der Waals surface area contributed by atoms with Crippen LogP contribution in [-0.2, 0) is 16.4 Å². The molecule has 0 aliphatic rings. The van der Waals surface area contributed by atoms with Crippen LogP contribution in [0.1, 0.15) is 34.2 Å². The summed E-state index contributed by atoms with van der Waals surface area (Å²) in [4.78, 5) is 22.2. The van der Waals surface area contributed by atoms with E-state index >= 15 is 0 Å². The third-order valence-electron chi connectivity index (χ3n) is 3.84. The van der Waals surface area contributed by atoms with Crippen LogP contribution in [0.5, 0.6) is 0 Å². The van der Waals surface area contributed by atoms with Crippen LogP contribution in [0.2, 0.25) is 0 Å². The third-order valence-corrected chi connectivity index (χ3v) is 6.38. The maximum absolute atomic E-state index is 12.6. The van der Waals surface area contributed by atoms with Crippen molar-refractivity contribution >= 4 is 49.4 Å². The van der Waals surface area contributed by atoms with Crippen LogP contribution < -0.4 is 10.0 Å². The zero-order valence-electron chi connectivity index (χ0n) is 16.5. The van der Waals surface area contributed by atoms with Gasteiger partial charge in [-0.3, -0.25) is 14.8 Å². The highest BCUT2D eigenvalue weighted by Gasteiger charge is 2.17. The molecule has 2 N–H and O–H groups in total. The highest BCUT2D eigenvalue weighted by atomic mass is 32.2. The normalized spacial score (nSPS) is 11.6. The fourth-order valence-electron chi connectivity index (χ4n) is 2.64. The fourth-order valence-corrected chi connectivity index (χ4v) is 5.09. The fraction of sp³-hybridized carbons (Fsp3) is 0.316. The predicted molar refractivity (Wildman–Crippen MR) is 119 cm³/mol. The van der Waals surface area contributed by atoms with Gasteiger partial charge in [0.1, 0.15) is 4.88 Å². The lowest BCUT2D eigenvalue weighted by molar-refractivity contribution is 0.103. The Labute approximate surface area is 178 Å². The summed E-state index contributed by atoms with van der Waals surface area (Å²) in [6.07, 6.45) is 1.96. The number of rotatable bonds is 7. The molecule has 3 aromatic rings. The SMILES string of the molecule is Cc1nc(CC(C)C)sc1C(=O)Nc1nc(-c2ccc(NS(C)(=O)=O)cc2)cs1. The molecule has 154 valence electrons. The van der Waals surface area contributed by atoms with Gasteiger partial charge in [0.15, 0.2) is 5.13 Å². The number of aryl methyl sites for hydroxylation is 1. The summed E-state index contributed by atoms with van der Waals surface area (Å²) in [6, 6.07) is 6.90. The minimum Gasteiger partial charge on any atom is -0.297 e. The van der Waals surface area contributed by atoms with Gasteiger partial charge in [0.05, 0.1) is 22.7 Å². The molecule has 0 bridgehead atoms. The largest absolute Gasteiger partial charge is 0.297 e. The van der Waals surface area contributed by atoms with Crippen molar-refractivity contribution in [2.45, 2.75) is 27.2 Å². The molecule has 7 nitrogen and oxygen atoms in total. The molecule has 0 saturated carbocycles.